The largest absolute Gasteiger partial charge is 0.298 e. The number of nitrogens with zero attached hydrogens (tertiary/aromatic N) is 3. The molecule has 4 heterocycles. The van der Waals surface area contributed by atoms with Gasteiger partial charge in [-0.1, -0.05) is 48.5 Å². The molecule has 2 bridgehead atoms. The number of hydrogen-bond acceptors (Lipinski definition) is 4. The van der Waals surface area contributed by atoms with Crippen molar-refractivity contribution in [3.05, 3.63) is 66.2 Å². The number of fused-ring (bicyclic) bond motifs is 4. The summed E-state index contributed by atoms with van der Waals surface area (Å²) in [5, 5.41) is 5.35. The van der Waals surface area contributed by atoms with E-state index in [0.717, 1.165) is 60.3 Å². The number of aromatic nitrogens is 1. The van der Waals surface area contributed by atoms with E-state index in [4.69, 9.17) is 4.98 Å². The predicted octanol–water partition coefficient (Wildman–Crippen LogP) is 4.14. The van der Waals surface area contributed by atoms with Gasteiger partial charge in [-0.05, 0) is 38.1 Å². The number of rotatable bonds is 3. The second kappa shape index (κ2) is 8.31. The molecular formula is C23H23ClN4O. The Balaban J connectivity index is 0.00000205. The fourth-order valence-electron chi connectivity index (χ4n) is 4.21. The first-order valence-electron chi connectivity index (χ1n) is 9.82. The van der Waals surface area contributed by atoms with Crippen molar-refractivity contribution in [3.8, 4) is 11.3 Å². The minimum atomic E-state index is -0.181. The second-order valence-corrected chi connectivity index (χ2v) is 7.53. The van der Waals surface area contributed by atoms with Crippen LogP contribution < -0.4 is 5.43 Å². The summed E-state index contributed by atoms with van der Waals surface area (Å²) < 4.78 is 0. The summed E-state index contributed by atoms with van der Waals surface area (Å²) in [5.41, 5.74) is 7.12. The first kappa shape index (κ1) is 19.6. The fraction of sp³-hybridized carbons (Fsp3) is 0.261. The monoisotopic (exact) mass is 406 g/mol. The van der Waals surface area contributed by atoms with Gasteiger partial charge in [0.2, 0.25) is 0 Å². The van der Waals surface area contributed by atoms with Crippen LogP contribution in [0.5, 0.6) is 0 Å². The molecule has 0 atom stereocenters. The molecule has 148 valence electrons. The van der Waals surface area contributed by atoms with Crippen molar-refractivity contribution in [3.63, 3.8) is 0 Å². The zero-order valence-corrected chi connectivity index (χ0v) is 16.9. The molecule has 3 aliphatic rings. The molecule has 0 saturated carbocycles. The average molecular weight is 407 g/mol. The Morgan fingerprint density at radius 3 is 2.48 bits per heavy atom. The lowest BCUT2D eigenvalue weighted by Crippen LogP contribution is -2.48. The maximum atomic E-state index is 13.0. The number of para-hydroxylation sites is 1. The highest BCUT2D eigenvalue weighted by atomic mass is 35.5. The Kier molecular flexibility index (Phi) is 5.60. The van der Waals surface area contributed by atoms with Gasteiger partial charge in [0.1, 0.15) is 0 Å². The molecule has 6 heteroatoms. The van der Waals surface area contributed by atoms with Crippen LogP contribution in [0.2, 0.25) is 0 Å². The van der Waals surface area contributed by atoms with Crippen molar-refractivity contribution in [2.45, 2.75) is 12.8 Å². The quantitative estimate of drug-likeness (QED) is 0.665. The second-order valence-electron chi connectivity index (χ2n) is 7.53. The van der Waals surface area contributed by atoms with Crippen molar-refractivity contribution in [1.29, 1.82) is 0 Å². The third-order valence-electron chi connectivity index (χ3n) is 5.78. The Labute approximate surface area is 176 Å². The molecule has 3 aromatic rings. The van der Waals surface area contributed by atoms with Crippen LogP contribution in [0.25, 0.3) is 22.2 Å². The topological polar surface area (TPSA) is 57.6 Å². The van der Waals surface area contributed by atoms with E-state index in [2.05, 4.69) is 15.4 Å². The molecule has 0 radical (unpaired) electrons. The molecule has 1 aromatic heterocycles. The fourth-order valence-corrected chi connectivity index (χ4v) is 4.21. The van der Waals surface area contributed by atoms with Crippen LogP contribution in [-0.4, -0.2) is 41.1 Å². The number of halogens is 1. The van der Waals surface area contributed by atoms with Crippen molar-refractivity contribution in [1.82, 2.24) is 15.3 Å². The Morgan fingerprint density at radius 1 is 1.03 bits per heavy atom. The zero-order valence-electron chi connectivity index (χ0n) is 16.0. The zero-order chi connectivity index (χ0) is 18.9. The molecule has 1 N–H and O–H groups in total. The molecular weight excluding hydrogens is 384 g/mol. The Bertz CT molecular complexity index is 1060. The number of benzene rings is 2. The number of carbonyl (C=O) groups excluding carboxylic acids is 1. The number of hydrogen-bond donors (Lipinski definition) is 1. The Hall–Kier alpha value is -2.76. The molecule has 29 heavy (non-hydrogen) atoms. The highest BCUT2D eigenvalue weighted by Gasteiger charge is 2.31. The van der Waals surface area contributed by atoms with E-state index in [1.165, 1.54) is 0 Å². The number of carbonyl (C=O) groups is 1. The summed E-state index contributed by atoms with van der Waals surface area (Å²) in [5.74, 6) is 0.332. The normalized spacial score (nSPS) is 21.7. The van der Waals surface area contributed by atoms with Crippen LogP contribution in [0.3, 0.4) is 0 Å². The molecule has 1 amide bonds. The van der Waals surface area contributed by atoms with Gasteiger partial charge in [0.05, 0.1) is 22.5 Å². The minimum absolute atomic E-state index is 0. The molecule has 5 nitrogen and oxygen atoms in total. The molecule has 3 saturated heterocycles. The van der Waals surface area contributed by atoms with Crippen LogP contribution in [-0.2, 0) is 0 Å². The maximum Gasteiger partial charge on any atom is 0.272 e. The lowest BCUT2D eigenvalue weighted by Gasteiger charge is -2.39. The van der Waals surface area contributed by atoms with E-state index in [1.807, 2.05) is 60.7 Å². The van der Waals surface area contributed by atoms with Crippen LogP contribution in [0.4, 0.5) is 0 Å². The molecule has 0 aliphatic carbocycles. The van der Waals surface area contributed by atoms with Gasteiger partial charge in [0, 0.05) is 23.4 Å². The minimum Gasteiger partial charge on any atom is -0.298 e. The third kappa shape index (κ3) is 3.88. The number of amides is 1. The Morgan fingerprint density at radius 2 is 1.76 bits per heavy atom. The summed E-state index contributed by atoms with van der Waals surface area (Å²) in [4.78, 5) is 20.2. The maximum absolute atomic E-state index is 13.0. The molecule has 3 fully saturated rings. The molecule has 0 spiro atoms. The summed E-state index contributed by atoms with van der Waals surface area (Å²) in [6.07, 6.45) is 2.29. The van der Waals surface area contributed by atoms with Gasteiger partial charge in [0.25, 0.3) is 5.91 Å². The van der Waals surface area contributed by atoms with Gasteiger partial charge in [0.15, 0.2) is 0 Å². The van der Waals surface area contributed by atoms with E-state index in [1.54, 1.807) is 0 Å². The van der Waals surface area contributed by atoms with Gasteiger partial charge < -0.3 is 0 Å². The third-order valence-corrected chi connectivity index (χ3v) is 5.78. The number of hydrazone groups is 1. The van der Waals surface area contributed by atoms with E-state index < -0.39 is 0 Å². The molecule has 0 unspecified atom stereocenters. The number of nitrogens with one attached hydrogen (secondary N) is 1. The first-order valence-corrected chi connectivity index (χ1v) is 9.82. The van der Waals surface area contributed by atoms with Gasteiger partial charge in [-0.3, -0.25) is 9.69 Å². The van der Waals surface area contributed by atoms with Crippen LogP contribution in [0.1, 0.15) is 23.2 Å². The first-order chi connectivity index (χ1) is 13.8. The highest BCUT2D eigenvalue weighted by molar-refractivity contribution is 6.07. The average Bonchev–Trinajstić information content (AvgIpc) is 2.78. The van der Waals surface area contributed by atoms with Crippen molar-refractivity contribution >= 4 is 34.9 Å². The summed E-state index contributed by atoms with van der Waals surface area (Å²) in [6.45, 7) is 3.16. The van der Waals surface area contributed by atoms with E-state index in [9.17, 15) is 4.79 Å². The van der Waals surface area contributed by atoms with Crippen LogP contribution in [0, 0.1) is 5.92 Å². The smallest absolute Gasteiger partial charge is 0.272 e. The predicted molar refractivity (Wildman–Crippen MR) is 118 cm³/mol. The van der Waals surface area contributed by atoms with Crippen LogP contribution in [0.15, 0.2) is 65.8 Å². The van der Waals surface area contributed by atoms with E-state index >= 15 is 0 Å². The van der Waals surface area contributed by atoms with E-state index in [0.29, 0.717) is 11.5 Å². The molecule has 3 aliphatic heterocycles. The summed E-state index contributed by atoms with van der Waals surface area (Å²) >= 11 is 0. The van der Waals surface area contributed by atoms with Crippen LogP contribution >= 0.6 is 12.4 Å². The van der Waals surface area contributed by atoms with Gasteiger partial charge in [-0.15, -0.1) is 12.4 Å². The number of pyridine rings is 1. The molecule has 6 rings (SSSR count). The van der Waals surface area contributed by atoms with Gasteiger partial charge in [-0.25, -0.2) is 10.4 Å². The molecule has 2 aromatic carbocycles. The van der Waals surface area contributed by atoms with Gasteiger partial charge in [-0.2, -0.15) is 5.10 Å². The summed E-state index contributed by atoms with van der Waals surface area (Å²) in [7, 11) is 0. The summed E-state index contributed by atoms with van der Waals surface area (Å²) in [6, 6.07) is 19.6. The van der Waals surface area contributed by atoms with Crippen molar-refractivity contribution in [2.75, 3.05) is 19.6 Å². The van der Waals surface area contributed by atoms with Crippen molar-refractivity contribution in [2.24, 2.45) is 11.0 Å². The SMILES string of the molecule is Cl.O=C(NN=C1CN2CCC1CC2)c1cc(-c2ccccc2)nc2ccccc12. The highest BCUT2D eigenvalue weighted by Crippen LogP contribution is 2.26. The lowest BCUT2D eigenvalue weighted by molar-refractivity contribution is 0.0955. The van der Waals surface area contributed by atoms with Crippen molar-refractivity contribution < 1.29 is 4.79 Å². The number of piperidine rings is 3. The van der Waals surface area contributed by atoms with E-state index in [-0.39, 0.29) is 18.3 Å². The van der Waals surface area contributed by atoms with Gasteiger partial charge >= 0.3 is 0 Å². The standard InChI is InChI=1S/C23H22N4O.ClH/c28-23(26-25-22-15-27-12-10-17(22)11-13-27)19-14-21(16-6-2-1-3-7-16)24-20-9-5-4-8-18(19)20;/h1-9,14,17H,10-13,15H2,(H,26,28);1H. The lowest BCUT2D eigenvalue weighted by atomic mass is 9.87.